The third-order valence-electron chi connectivity index (χ3n) is 4.53. The molecule has 0 aromatic carbocycles. The van der Waals surface area contributed by atoms with Crippen LogP contribution >= 0.6 is 0 Å². The molecule has 0 aliphatic heterocycles. The van der Waals surface area contributed by atoms with Crippen LogP contribution in [0.2, 0.25) is 0 Å². The van der Waals surface area contributed by atoms with Crippen LogP contribution in [-0.4, -0.2) is 6.29 Å². The molecule has 0 fully saturated rings. The van der Waals surface area contributed by atoms with Crippen molar-refractivity contribution in [3.8, 4) is 0 Å². The van der Waals surface area contributed by atoms with Gasteiger partial charge in [0.05, 0.1) is 0 Å². The minimum Gasteiger partial charge on any atom is -0.298 e. The second-order valence-electron chi connectivity index (χ2n) is 6.68. The van der Waals surface area contributed by atoms with Crippen molar-refractivity contribution in [2.24, 2.45) is 0 Å². The molecule has 130 valence electrons. The first-order chi connectivity index (χ1) is 10.8. The van der Waals surface area contributed by atoms with Crippen LogP contribution in [0.15, 0.2) is 11.1 Å². The fraction of sp³-hybridized carbons (Fsp3) is 0.857. The van der Waals surface area contributed by atoms with Gasteiger partial charge in [-0.3, -0.25) is 4.79 Å². The molecule has 0 unspecified atom stereocenters. The number of carbonyl (C=O) groups is 1. The summed E-state index contributed by atoms with van der Waals surface area (Å²) >= 11 is 0. The minimum absolute atomic E-state index is 0.972. The van der Waals surface area contributed by atoms with Gasteiger partial charge in [-0.25, -0.2) is 0 Å². The fourth-order valence-electron chi connectivity index (χ4n) is 3.07. The number of aldehydes is 1. The molecule has 0 spiro atoms. The van der Waals surface area contributed by atoms with Crippen LogP contribution in [0.4, 0.5) is 0 Å². The van der Waals surface area contributed by atoms with Gasteiger partial charge in [0.15, 0.2) is 0 Å². The second kappa shape index (κ2) is 16.8. The van der Waals surface area contributed by atoms with E-state index in [2.05, 4.69) is 20.8 Å². The maximum atomic E-state index is 11.3. The largest absolute Gasteiger partial charge is 0.298 e. The van der Waals surface area contributed by atoms with E-state index in [0.717, 1.165) is 37.5 Å². The molecule has 0 heterocycles. The monoisotopic (exact) mass is 308 g/mol. The highest BCUT2D eigenvalue weighted by Crippen LogP contribution is 2.22. The molecule has 0 atom stereocenters. The Morgan fingerprint density at radius 1 is 0.591 bits per heavy atom. The van der Waals surface area contributed by atoms with Crippen LogP contribution in [0.25, 0.3) is 0 Å². The molecule has 22 heavy (non-hydrogen) atoms. The molecule has 0 aromatic rings. The highest BCUT2D eigenvalue weighted by Gasteiger charge is 2.06. The highest BCUT2D eigenvalue weighted by atomic mass is 16.1. The third kappa shape index (κ3) is 12.0. The molecule has 0 rings (SSSR count). The number of allylic oxidation sites excluding steroid dienone is 2. The van der Waals surface area contributed by atoms with E-state index in [1.54, 1.807) is 0 Å². The lowest BCUT2D eigenvalue weighted by Gasteiger charge is -2.11. The molecule has 0 aliphatic carbocycles. The van der Waals surface area contributed by atoms with Gasteiger partial charge in [-0.15, -0.1) is 0 Å². The molecule has 0 saturated carbocycles. The zero-order valence-electron chi connectivity index (χ0n) is 15.6. The van der Waals surface area contributed by atoms with Gasteiger partial charge in [0.2, 0.25) is 0 Å². The van der Waals surface area contributed by atoms with E-state index in [0.29, 0.717) is 0 Å². The summed E-state index contributed by atoms with van der Waals surface area (Å²) in [6.07, 6.45) is 20.3. The Bertz CT molecular complexity index is 278. The van der Waals surface area contributed by atoms with E-state index < -0.39 is 0 Å². The predicted molar refractivity (Wildman–Crippen MR) is 99.4 cm³/mol. The summed E-state index contributed by atoms with van der Waals surface area (Å²) in [5.74, 6) is 0. The summed E-state index contributed by atoms with van der Waals surface area (Å²) in [4.78, 5) is 11.3. The summed E-state index contributed by atoms with van der Waals surface area (Å²) in [6, 6.07) is 0. The maximum Gasteiger partial charge on any atom is 0.145 e. The van der Waals surface area contributed by atoms with Crippen LogP contribution < -0.4 is 0 Å². The van der Waals surface area contributed by atoms with E-state index in [9.17, 15) is 4.79 Å². The van der Waals surface area contributed by atoms with Gasteiger partial charge in [-0.05, 0) is 37.7 Å². The number of rotatable bonds is 16. The van der Waals surface area contributed by atoms with Crippen molar-refractivity contribution in [1.82, 2.24) is 0 Å². The van der Waals surface area contributed by atoms with Crippen molar-refractivity contribution in [3.05, 3.63) is 11.1 Å². The molecule has 0 bridgehead atoms. The Labute approximate surface area is 140 Å². The highest BCUT2D eigenvalue weighted by molar-refractivity contribution is 5.74. The Morgan fingerprint density at radius 2 is 1.09 bits per heavy atom. The van der Waals surface area contributed by atoms with Gasteiger partial charge in [0, 0.05) is 0 Å². The number of hydrogen-bond acceptors (Lipinski definition) is 1. The van der Waals surface area contributed by atoms with Crippen molar-refractivity contribution in [1.29, 1.82) is 0 Å². The molecule has 0 N–H and O–H groups in total. The normalized spacial score (nSPS) is 12.3. The first kappa shape index (κ1) is 21.4. The number of unbranched alkanes of at least 4 members (excludes halogenated alkanes) is 9. The van der Waals surface area contributed by atoms with Gasteiger partial charge < -0.3 is 0 Å². The Balaban J connectivity index is 3.91. The quantitative estimate of drug-likeness (QED) is 0.165. The van der Waals surface area contributed by atoms with Gasteiger partial charge in [0.1, 0.15) is 6.29 Å². The summed E-state index contributed by atoms with van der Waals surface area (Å²) < 4.78 is 0. The molecule has 1 nitrogen and oxygen atoms in total. The lowest BCUT2D eigenvalue weighted by atomic mass is 9.94. The Morgan fingerprint density at radius 3 is 1.59 bits per heavy atom. The predicted octanol–water partition coefficient (Wildman–Crippen LogP) is 7.39. The maximum absolute atomic E-state index is 11.3. The standard InChI is InChI=1S/C21H40O/c1-4-7-9-10-11-12-13-14-15-18-20(17-8-5-2)21(19-22)16-6-3/h19H,4-18H2,1-3H3/b21-20-. The van der Waals surface area contributed by atoms with E-state index in [-0.39, 0.29) is 0 Å². The third-order valence-corrected chi connectivity index (χ3v) is 4.53. The number of hydrogen-bond donors (Lipinski definition) is 0. The van der Waals surface area contributed by atoms with Crippen LogP contribution in [0.5, 0.6) is 0 Å². The lowest BCUT2D eigenvalue weighted by molar-refractivity contribution is -0.105. The van der Waals surface area contributed by atoms with E-state index in [1.807, 2.05) is 0 Å². The summed E-state index contributed by atoms with van der Waals surface area (Å²) in [6.45, 7) is 6.67. The fourth-order valence-corrected chi connectivity index (χ4v) is 3.07. The summed E-state index contributed by atoms with van der Waals surface area (Å²) in [5.41, 5.74) is 2.57. The topological polar surface area (TPSA) is 17.1 Å². The first-order valence-electron chi connectivity index (χ1n) is 9.96. The second-order valence-corrected chi connectivity index (χ2v) is 6.68. The van der Waals surface area contributed by atoms with Gasteiger partial charge in [-0.1, -0.05) is 90.6 Å². The van der Waals surface area contributed by atoms with Crippen molar-refractivity contribution in [2.75, 3.05) is 0 Å². The average molecular weight is 309 g/mol. The van der Waals surface area contributed by atoms with Crippen molar-refractivity contribution < 1.29 is 4.79 Å². The Kier molecular flexibility index (Phi) is 16.3. The van der Waals surface area contributed by atoms with E-state index >= 15 is 0 Å². The van der Waals surface area contributed by atoms with Crippen LogP contribution in [0.3, 0.4) is 0 Å². The summed E-state index contributed by atoms with van der Waals surface area (Å²) in [7, 11) is 0. The lowest BCUT2D eigenvalue weighted by Crippen LogP contribution is -1.96. The molecular formula is C21H40O. The smallest absolute Gasteiger partial charge is 0.145 e. The van der Waals surface area contributed by atoms with Gasteiger partial charge in [-0.2, -0.15) is 0 Å². The zero-order chi connectivity index (χ0) is 16.5. The number of carbonyl (C=O) groups excluding carboxylic acids is 1. The molecule has 0 amide bonds. The summed E-state index contributed by atoms with van der Waals surface area (Å²) in [5, 5.41) is 0. The molecule has 0 radical (unpaired) electrons. The van der Waals surface area contributed by atoms with Crippen LogP contribution in [0, 0.1) is 0 Å². The SMILES string of the molecule is CCCCCCCCCCC/C(CCCC)=C(\C=O)CCC. The molecule has 1 heteroatoms. The van der Waals surface area contributed by atoms with Crippen molar-refractivity contribution >= 4 is 6.29 Å². The van der Waals surface area contributed by atoms with Crippen LogP contribution in [-0.2, 0) is 4.79 Å². The average Bonchev–Trinajstić information content (AvgIpc) is 2.54. The minimum atomic E-state index is 0.972. The van der Waals surface area contributed by atoms with E-state index in [4.69, 9.17) is 0 Å². The molecule has 0 aromatic heterocycles. The van der Waals surface area contributed by atoms with Crippen molar-refractivity contribution in [3.63, 3.8) is 0 Å². The Hall–Kier alpha value is -0.590. The molecule has 0 aliphatic rings. The van der Waals surface area contributed by atoms with Gasteiger partial charge >= 0.3 is 0 Å². The molecule has 0 saturated heterocycles. The van der Waals surface area contributed by atoms with Crippen LogP contribution in [0.1, 0.15) is 117 Å². The van der Waals surface area contributed by atoms with E-state index in [1.165, 1.54) is 76.2 Å². The van der Waals surface area contributed by atoms with Crippen molar-refractivity contribution in [2.45, 2.75) is 117 Å². The van der Waals surface area contributed by atoms with Gasteiger partial charge in [0.25, 0.3) is 0 Å². The first-order valence-corrected chi connectivity index (χ1v) is 9.96. The zero-order valence-corrected chi connectivity index (χ0v) is 15.6. The molecular weight excluding hydrogens is 268 g/mol.